The Hall–Kier alpha value is -0.290. The second-order valence-electron chi connectivity index (χ2n) is 3.29. The van der Waals surface area contributed by atoms with Crippen molar-refractivity contribution in [2.24, 2.45) is 5.92 Å². The van der Waals surface area contributed by atoms with Gasteiger partial charge in [0.2, 0.25) is 0 Å². The molecule has 0 saturated carbocycles. The smallest absolute Gasteiger partial charge is 0.107 e. The Morgan fingerprint density at radius 2 is 2.08 bits per heavy atom. The summed E-state index contributed by atoms with van der Waals surface area (Å²) in [5.41, 5.74) is 0. The highest BCUT2D eigenvalue weighted by Gasteiger charge is 1.97. The van der Waals surface area contributed by atoms with Gasteiger partial charge in [0.1, 0.15) is 6.11 Å². The lowest BCUT2D eigenvalue weighted by molar-refractivity contribution is 0.514. The van der Waals surface area contributed by atoms with Crippen LogP contribution < -0.4 is 0 Å². The first kappa shape index (κ1) is 12.7. The van der Waals surface area contributed by atoms with Gasteiger partial charge in [0, 0.05) is 11.7 Å². The van der Waals surface area contributed by atoms with Gasteiger partial charge < -0.3 is 5.11 Å². The Balaban J connectivity index is 3.10. The zero-order valence-corrected chi connectivity index (χ0v) is 9.49. The molecule has 0 aromatic carbocycles. The fourth-order valence-corrected chi connectivity index (χ4v) is 2.05. The maximum atomic E-state index is 8.34. The molecule has 1 unspecified atom stereocenters. The van der Waals surface area contributed by atoms with E-state index >= 15 is 0 Å². The molecule has 0 radical (unpaired) electrons. The number of aliphatic hydroxyl groups is 1. The lowest BCUT2D eigenvalue weighted by Gasteiger charge is -2.02. The molecular weight excluding hydrogens is 180 g/mol. The van der Waals surface area contributed by atoms with Crippen LogP contribution in [0.25, 0.3) is 0 Å². The minimum Gasteiger partial charge on any atom is -0.462 e. The number of rotatable bonds is 7. The van der Waals surface area contributed by atoms with Gasteiger partial charge in [0.15, 0.2) is 0 Å². The van der Waals surface area contributed by atoms with Crippen molar-refractivity contribution in [1.29, 1.82) is 0 Å². The Morgan fingerprint density at radius 3 is 2.69 bits per heavy atom. The van der Waals surface area contributed by atoms with Gasteiger partial charge in [-0.15, -0.1) is 0 Å². The van der Waals surface area contributed by atoms with Gasteiger partial charge in [0.25, 0.3) is 0 Å². The van der Waals surface area contributed by atoms with Crippen LogP contribution in [0.4, 0.5) is 0 Å². The molecule has 0 spiro atoms. The van der Waals surface area contributed by atoms with Gasteiger partial charge in [0.05, 0.1) is 0 Å². The van der Waals surface area contributed by atoms with E-state index in [0.717, 1.165) is 5.75 Å². The van der Waals surface area contributed by atoms with E-state index in [1.165, 1.54) is 31.4 Å². The molecule has 0 aliphatic carbocycles. The van der Waals surface area contributed by atoms with Crippen LogP contribution in [0.5, 0.6) is 0 Å². The van der Waals surface area contributed by atoms with Gasteiger partial charge in [-0.2, -0.15) is 11.8 Å². The van der Waals surface area contributed by atoms with Crippen LogP contribution >= 0.6 is 11.8 Å². The van der Waals surface area contributed by atoms with E-state index in [1.54, 1.807) is 0 Å². The average Bonchev–Trinajstić information content (AvgIpc) is 2.11. The first-order valence-corrected chi connectivity index (χ1v) is 6.19. The molecule has 76 valence electrons. The van der Waals surface area contributed by atoms with Crippen molar-refractivity contribution in [2.75, 3.05) is 11.5 Å². The van der Waals surface area contributed by atoms with Crippen molar-refractivity contribution in [2.45, 2.75) is 39.5 Å². The van der Waals surface area contributed by atoms with E-state index in [0.29, 0.717) is 5.92 Å². The summed E-state index contributed by atoms with van der Waals surface area (Å²) in [5.74, 6) is 5.33. The first-order valence-electron chi connectivity index (χ1n) is 5.03. The number of unbranched alkanes of at least 4 members (excludes halogenated alkanes) is 3. The fraction of sp³-hybridized carbons (Fsp3) is 0.818. The highest BCUT2D eigenvalue weighted by Crippen LogP contribution is 2.11. The van der Waals surface area contributed by atoms with Crippen LogP contribution in [-0.4, -0.2) is 16.6 Å². The molecule has 0 amide bonds. The highest BCUT2D eigenvalue weighted by molar-refractivity contribution is 7.99. The van der Waals surface area contributed by atoms with Crippen LogP contribution in [0.15, 0.2) is 0 Å². The molecule has 0 fully saturated rings. The van der Waals surface area contributed by atoms with Gasteiger partial charge >= 0.3 is 0 Å². The third-order valence-corrected chi connectivity index (χ3v) is 3.13. The van der Waals surface area contributed by atoms with E-state index in [4.69, 9.17) is 5.11 Å². The lowest BCUT2D eigenvalue weighted by Crippen LogP contribution is -1.95. The highest BCUT2D eigenvalue weighted by atomic mass is 32.2. The van der Waals surface area contributed by atoms with Gasteiger partial charge in [-0.1, -0.05) is 39.0 Å². The van der Waals surface area contributed by atoms with Crippen molar-refractivity contribution in [3.63, 3.8) is 0 Å². The largest absolute Gasteiger partial charge is 0.462 e. The summed E-state index contributed by atoms with van der Waals surface area (Å²) in [6.07, 6.45) is 7.29. The predicted octanol–water partition coefficient (Wildman–Crippen LogP) is 3.27. The summed E-state index contributed by atoms with van der Waals surface area (Å²) in [5, 5.41) is 8.34. The van der Waals surface area contributed by atoms with Crippen LogP contribution in [0, 0.1) is 17.9 Å². The number of hydrogen-bond acceptors (Lipinski definition) is 2. The molecule has 2 heteroatoms. The lowest BCUT2D eigenvalue weighted by atomic mass is 10.2. The van der Waals surface area contributed by atoms with Crippen LogP contribution in [0.2, 0.25) is 0 Å². The van der Waals surface area contributed by atoms with E-state index in [9.17, 15) is 0 Å². The van der Waals surface area contributed by atoms with Gasteiger partial charge in [-0.25, -0.2) is 0 Å². The minimum atomic E-state index is 0.321. The Labute approximate surface area is 86.3 Å². The summed E-state index contributed by atoms with van der Waals surface area (Å²) in [7, 11) is 0. The van der Waals surface area contributed by atoms with Crippen molar-refractivity contribution in [3.05, 3.63) is 0 Å². The SMILES string of the molecule is CCCCCCSCC(C)C#CO. The molecule has 1 nitrogen and oxygen atoms in total. The molecule has 0 rings (SSSR count). The molecule has 0 aliphatic heterocycles. The van der Waals surface area contributed by atoms with E-state index in [2.05, 4.69) is 12.8 Å². The monoisotopic (exact) mass is 200 g/mol. The number of aliphatic hydroxyl groups excluding tert-OH is 1. The summed E-state index contributed by atoms with van der Waals surface area (Å²) in [6.45, 7) is 4.27. The zero-order chi connectivity index (χ0) is 9.94. The minimum absolute atomic E-state index is 0.321. The second kappa shape index (κ2) is 9.80. The van der Waals surface area contributed by atoms with Gasteiger partial charge in [-0.05, 0) is 12.2 Å². The van der Waals surface area contributed by atoms with Crippen LogP contribution in [0.1, 0.15) is 39.5 Å². The molecule has 1 N–H and O–H groups in total. The first-order chi connectivity index (χ1) is 6.31. The third-order valence-electron chi connectivity index (χ3n) is 1.82. The molecule has 0 heterocycles. The summed E-state index contributed by atoms with van der Waals surface area (Å²) < 4.78 is 0. The number of hydrogen-bond donors (Lipinski definition) is 1. The molecule has 0 saturated heterocycles. The van der Waals surface area contributed by atoms with Crippen molar-refractivity contribution < 1.29 is 5.11 Å². The Bertz CT molecular complexity index is 157. The van der Waals surface area contributed by atoms with Crippen LogP contribution in [0.3, 0.4) is 0 Å². The maximum Gasteiger partial charge on any atom is 0.107 e. The molecule has 0 aromatic rings. The molecule has 1 atom stereocenters. The second-order valence-corrected chi connectivity index (χ2v) is 4.44. The number of thioether (sulfide) groups is 1. The molecule has 13 heavy (non-hydrogen) atoms. The van der Waals surface area contributed by atoms with E-state index in [-0.39, 0.29) is 0 Å². The third kappa shape index (κ3) is 9.63. The predicted molar refractivity (Wildman–Crippen MR) is 60.3 cm³/mol. The zero-order valence-electron chi connectivity index (χ0n) is 8.68. The topological polar surface area (TPSA) is 20.2 Å². The van der Waals surface area contributed by atoms with Gasteiger partial charge in [-0.3, -0.25) is 0 Å². The summed E-state index contributed by atoms with van der Waals surface area (Å²) in [4.78, 5) is 0. The molecule has 0 aromatic heterocycles. The van der Waals surface area contributed by atoms with E-state index in [1.807, 2.05) is 24.8 Å². The molecule has 0 aliphatic rings. The van der Waals surface area contributed by atoms with Crippen LogP contribution in [-0.2, 0) is 0 Å². The normalized spacial score (nSPS) is 11.8. The summed E-state index contributed by atoms with van der Waals surface area (Å²) >= 11 is 1.94. The fourth-order valence-electron chi connectivity index (χ4n) is 1.04. The Kier molecular flexibility index (Phi) is 9.58. The van der Waals surface area contributed by atoms with Crippen molar-refractivity contribution in [3.8, 4) is 12.0 Å². The van der Waals surface area contributed by atoms with Crippen molar-refractivity contribution >= 4 is 11.8 Å². The maximum absolute atomic E-state index is 8.34. The van der Waals surface area contributed by atoms with E-state index < -0.39 is 0 Å². The molecule has 0 bridgehead atoms. The Morgan fingerprint density at radius 1 is 1.31 bits per heavy atom. The van der Waals surface area contributed by atoms with Crippen molar-refractivity contribution in [1.82, 2.24) is 0 Å². The molecular formula is C11H20OS. The standard InChI is InChI=1S/C11H20OS/c1-3-4-5-6-9-13-10-11(2)7-8-12/h11-12H,3-6,9-10H2,1-2H3. The summed E-state index contributed by atoms with van der Waals surface area (Å²) in [6, 6.07) is 0. The quantitative estimate of drug-likeness (QED) is 0.503. The average molecular weight is 200 g/mol.